The second-order valence-corrected chi connectivity index (χ2v) is 10.6. The lowest BCUT2D eigenvalue weighted by Gasteiger charge is -2.22. The van der Waals surface area contributed by atoms with Crippen molar-refractivity contribution in [1.29, 1.82) is 0 Å². The molecule has 6 heteroatoms. The Morgan fingerprint density at radius 2 is 1.97 bits per heavy atom. The van der Waals surface area contributed by atoms with Gasteiger partial charge in [0.05, 0.1) is 6.04 Å². The molecule has 2 aliphatic rings. The number of pyridine rings is 1. The topological polar surface area (TPSA) is 48.8 Å². The van der Waals surface area contributed by atoms with Crippen LogP contribution in [0.5, 0.6) is 0 Å². The number of carbonyl (C=O) groups is 1. The predicted octanol–water partition coefficient (Wildman–Crippen LogP) is 5.72. The fourth-order valence-electron chi connectivity index (χ4n) is 5.11. The van der Waals surface area contributed by atoms with E-state index in [2.05, 4.69) is 68.1 Å². The molecule has 1 amide bonds. The van der Waals surface area contributed by atoms with Gasteiger partial charge in [0.25, 0.3) is 5.91 Å². The number of benzene rings is 1. The van der Waals surface area contributed by atoms with Crippen LogP contribution in [-0.2, 0) is 6.42 Å². The molecule has 2 unspecified atom stereocenters. The van der Waals surface area contributed by atoms with Gasteiger partial charge >= 0.3 is 0 Å². The van der Waals surface area contributed by atoms with Gasteiger partial charge in [0.2, 0.25) is 0 Å². The zero-order valence-electron chi connectivity index (χ0n) is 20.1. The highest BCUT2D eigenvalue weighted by molar-refractivity contribution is 7.19. The van der Waals surface area contributed by atoms with Crippen LogP contribution < -0.4 is 0 Å². The molecular formula is C27H32N4OS. The average molecular weight is 461 g/mol. The van der Waals surface area contributed by atoms with Gasteiger partial charge < -0.3 is 4.90 Å². The summed E-state index contributed by atoms with van der Waals surface area (Å²) in [7, 11) is 0. The van der Waals surface area contributed by atoms with Crippen LogP contribution in [0.15, 0.2) is 35.4 Å². The summed E-state index contributed by atoms with van der Waals surface area (Å²) < 4.78 is 1.18. The number of fused-ring (bicyclic) bond motifs is 2. The first-order valence-corrected chi connectivity index (χ1v) is 12.9. The first-order valence-electron chi connectivity index (χ1n) is 12.0. The van der Waals surface area contributed by atoms with Gasteiger partial charge in [0.1, 0.15) is 0 Å². The summed E-state index contributed by atoms with van der Waals surface area (Å²) in [4.78, 5) is 21.9. The molecule has 3 aromatic rings. The Hall–Kier alpha value is -2.73. The van der Waals surface area contributed by atoms with Crippen LogP contribution in [0.2, 0.25) is 0 Å². The third-order valence-corrected chi connectivity index (χ3v) is 8.33. The summed E-state index contributed by atoms with van der Waals surface area (Å²) >= 11 is 1.81. The van der Waals surface area contributed by atoms with E-state index in [1.54, 1.807) is 11.3 Å². The minimum atomic E-state index is 0.120. The van der Waals surface area contributed by atoms with E-state index >= 15 is 0 Å². The van der Waals surface area contributed by atoms with Crippen LogP contribution >= 0.6 is 11.3 Å². The van der Waals surface area contributed by atoms with Crippen molar-refractivity contribution in [2.24, 2.45) is 11.0 Å². The molecule has 2 aliphatic heterocycles. The molecule has 1 saturated heterocycles. The van der Waals surface area contributed by atoms with Crippen LogP contribution in [0, 0.1) is 12.8 Å². The van der Waals surface area contributed by atoms with Gasteiger partial charge in [0, 0.05) is 69.2 Å². The van der Waals surface area contributed by atoms with Gasteiger partial charge in [-0.2, -0.15) is 5.10 Å². The SMILES string of the molecule is CCc1nc(C)ccc1-c1cc(C(=O)N2CC3C=NN(CC)C3C2)cc2sc(C(C)C)cc12. The normalized spacial score (nSPS) is 19.8. The van der Waals surface area contributed by atoms with Crippen LogP contribution in [0.25, 0.3) is 21.2 Å². The number of aryl methyl sites for hydroxylation is 2. The standard InChI is InChI=1S/C27H32N4OS/c1-6-23-20(9-8-17(5)29-23)21-10-18(11-26-22(21)12-25(33-26)16(3)4)27(32)30-14-19-13-28-31(7-2)24(19)15-30/h8-13,16,19,24H,6-7,14-15H2,1-5H3. The highest BCUT2D eigenvalue weighted by Crippen LogP contribution is 2.39. The molecule has 0 bridgehead atoms. The number of hydrazone groups is 1. The lowest BCUT2D eigenvalue weighted by atomic mass is 9.96. The van der Waals surface area contributed by atoms with Crippen molar-refractivity contribution in [1.82, 2.24) is 14.9 Å². The fraction of sp³-hybridized carbons (Fsp3) is 0.444. The molecule has 1 fully saturated rings. The van der Waals surface area contributed by atoms with E-state index in [0.717, 1.165) is 54.1 Å². The molecule has 1 aromatic carbocycles. The van der Waals surface area contributed by atoms with Crippen molar-refractivity contribution in [2.75, 3.05) is 19.6 Å². The Bertz CT molecular complexity index is 1240. The van der Waals surface area contributed by atoms with E-state index in [-0.39, 0.29) is 5.91 Å². The van der Waals surface area contributed by atoms with Gasteiger partial charge in [-0.15, -0.1) is 11.3 Å². The van der Waals surface area contributed by atoms with Crippen molar-refractivity contribution in [3.63, 3.8) is 0 Å². The number of amides is 1. The van der Waals surface area contributed by atoms with E-state index in [4.69, 9.17) is 4.98 Å². The average Bonchev–Trinajstić information content (AvgIpc) is 3.51. The Labute approximate surface area is 200 Å². The van der Waals surface area contributed by atoms with Gasteiger partial charge in [-0.1, -0.05) is 26.8 Å². The number of hydrogen-bond acceptors (Lipinski definition) is 5. The second kappa shape index (κ2) is 8.56. The first kappa shape index (κ1) is 22.1. The van der Waals surface area contributed by atoms with Crippen molar-refractivity contribution in [2.45, 2.75) is 53.0 Å². The van der Waals surface area contributed by atoms with Gasteiger partial charge in [0.15, 0.2) is 0 Å². The summed E-state index contributed by atoms with van der Waals surface area (Å²) in [6.07, 6.45) is 2.88. The zero-order chi connectivity index (χ0) is 23.3. The molecule has 0 spiro atoms. The van der Waals surface area contributed by atoms with Crippen molar-refractivity contribution in [3.8, 4) is 11.1 Å². The minimum Gasteiger partial charge on any atom is -0.336 e. The van der Waals surface area contributed by atoms with E-state index < -0.39 is 0 Å². The second-order valence-electron chi connectivity index (χ2n) is 9.50. The number of likely N-dealkylation sites (tertiary alicyclic amines) is 1. The summed E-state index contributed by atoms with van der Waals surface area (Å²) in [5, 5.41) is 7.85. The Balaban J connectivity index is 1.59. The van der Waals surface area contributed by atoms with Crippen LogP contribution in [0.1, 0.15) is 60.2 Å². The minimum absolute atomic E-state index is 0.120. The highest BCUT2D eigenvalue weighted by atomic mass is 32.1. The summed E-state index contributed by atoms with van der Waals surface area (Å²) in [6, 6.07) is 11.1. The van der Waals surface area contributed by atoms with Crippen molar-refractivity contribution in [3.05, 3.63) is 52.2 Å². The van der Waals surface area contributed by atoms with E-state index in [1.807, 2.05) is 18.0 Å². The van der Waals surface area contributed by atoms with Gasteiger partial charge in [-0.3, -0.25) is 14.8 Å². The van der Waals surface area contributed by atoms with Crippen molar-refractivity contribution < 1.29 is 4.79 Å². The van der Waals surface area contributed by atoms with Crippen LogP contribution in [0.4, 0.5) is 0 Å². The van der Waals surface area contributed by atoms with E-state index in [1.165, 1.54) is 15.0 Å². The van der Waals surface area contributed by atoms with E-state index in [0.29, 0.717) is 17.9 Å². The van der Waals surface area contributed by atoms with E-state index in [9.17, 15) is 4.79 Å². The van der Waals surface area contributed by atoms with Crippen molar-refractivity contribution >= 4 is 33.5 Å². The Kier molecular flexibility index (Phi) is 5.73. The summed E-state index contributed by atoms with van der Waals surface area (Å²) in [5.41, 5.74) is 5.15. The first-order chi connectivity index (χ1) is 15.9. The molecule has 172 valence electrons. The van der Waals surface area contributed by atoms with Gasteiger partial charge in [-0.25, -0.2) is 0 Å². The molecular weight excluding hydrogens is 428 g/mol. The van der Waals surface area contributed by atoms with Gasteiger partial charge in [-0.05, 0) is 56.0 Å². The van der Waals surface area contributed by atoms with Crippen LogP contribution in [-0.4, -0.2) is 52.7 Å². The number of hydrogen-bond donors (Lipinski definition) is 0. The number of thiophene rings is 1. The maximum absolute atomic E-state index is 13.7. The number of likely N-dealkylation sites (N-methyl/N-ethyl adjacent to an activating group) is 1. The molecule has 5 nitrogen and oxygen atoms in total. The molecule has 0 saturated carbocycles. The molecule has 0 radical (unpaired) electrons. The predicted molar refractivity (Wildman–Crippen MR) is 137 cm³/mol. The Morgan fingerprint density at radius 3 is 2.70 bits per heavy atom. The maximum Gasteiger partial charge on any atom is 0.254 e. The zero-order valence-corrected chi connectivity index (χ0v) is 20.9. The number of rotatable bonds is 5. The summed E-state index contributed by atoms with van der Waals surface area (Å²) in [5.74, 6) is 0.905. The monoisotopic (exact) mass is 460 g/mol. The molecule has 2 atom stereocenters. The quantitative estimate of drug-likeness (QED) is 0.489. The molecule has 4 heterocycles. The smallest absolute Gasteiger partial charge is 0.254 e. The maximum atomic E-state index is 13.7. The number of carbonyl (C=O) groups excluding carboxylic acids is 1. The fourth-order valence-corrected chi connectivity index (χ4v) is 6.24. The largest absolute Gasteiger partial charge is 0.336 e. The molecule has 5 rings (SSSR count). The Morgan fingerprint density at radius 1 is 1.15 bits per heavy atom. The van der Waals surface area contributed by atoms with Crippen LogP contribution in [0.3, 0.4) is 0 Å². The molecule has 2 aromatic heterocycles. The lowest BCUT2D eigenvalue weighted by molar-refractivity contribution is 0.0777. The molecule has 0 N–H and O–H groups in total. The lowest BCUT2D eigenvalue weighted by Crippen LogP contribution is -2.35. The molecule has 33 heavy (non-hydrogen) atoms. The third kappa shape index (κ3) is 3.84. The highest BCUT2D eigenvalue weighted by Gasteiger charge is 2.40. The number of nitrogens with zero attached hydrogens (tertiary/aromatic N) is 4. The third-order valence-electron chi connectivity index (χ3n) is 6.94. The number of aromatic nitrogens is 1. The molecule has 0 aliphatic carbocycles. The summed E-state index contributed by atoms with van der Waals surface area (Å²) in [6.45, 7) is 13.1.